The van der Waals surface area contributed by atoms with Gasteiger partial charge in [-0.1, -0.05) is 0 Å². The average molecular weight is 475 g/mol. The van der Waals surface area contributed by atoms with Crippen LogP contribution < -0.4 is 0 Å². The first-order valence-corrected chi connectivity index (χ1v) is 7.35. The first-order valence-electron chi connectivity index (χ1n) is 6.12. The number of halogens is 15. The van der Waals surface area contributed by atoms with Gasteiger partial charge in [0, 0.05) is 0 Å². The molecular formula is C9H6F15O3Si. The predicted molar refractivity (Wildman–Crippen MR) is 56.6 cm³/mol. The Kier molecular flexibility index (Phi) is 8.14. The normalized spacial score (nSPS) is 15.4. The van der Waals surface area contributed by atoms with Crippen molar-refractivity contribution in [3.05, 3.63) is 0 Å². The fourth-order valence-corrected chi connectivity index (χ4v) is 1.97. The zero-order valence-electron chi connectivity index (χ0n) is 12.5. The van der Waals surface area contributed by atoms with Crippen LogP contribution in [0.1, 0.15) is 0 Å². The first-order chi connectivity index (χ1) is 12.0. The minimum Gasteiger partial charge on any atom is -0.364 e. The highest BCUT2D eigenvalue weighted by molar-refractivity contribution is 6.36. The standard InChI is InChI=1S/C9H6F15O3Si/c10-4(11,7(16,17)18)1-25-28(26-2-5(12,13)8(19,20)21)27-3-6(14,15)9(22,23)24/h1-3H2. The fraction of sp³-hybridized carbons (Fsp3) is 1.00. The average Bonchev–Trinajstić information content (AvgIpc) is 2.42. The van der Waals surface area contributed by atoms with Crippen molar-refractivity contribution in [2.24, 2.45) is 0 Å². The van der Waals surface area contributed by atoms with Gasteiger partial charge < -0.3 is 13.3 Å². The lowest BCUT2D eigenvalue weighted by Crippen LogP contribution is -2.48. The van der Waals surface area contributed by atoms with Crippen LogP contribution in [0, 0.1) is 0 Å². The Labute approximate surface area is 146 Å². The Bertz CT molecular complexity index is 425. The van der Waals surface area contributed by atoms with Crippen molar-refractivity contribution in [1.82, 2.24) is 0 Å². The molecule has 0 unspecified atom stereocenters. The van der Waals surface area contributed by atoms with Crippen LogP contribution in [0.5, 0.6) is 0 Å². The van der Waals surface area contributed by atoms with Gasteiger partial charge in [-0.2, -0.15) is 65.9 Å². The Morgan fingerprint density at radius 2 is 0.571 bits per heavy atom. The van der Waals surface area contributed by atoms with E-state index in [1.165, 1.54) is 0 Å². The summed E-state index contributed by atoms with van der Waals surface area (Å²) in [6, 6.07) is 0. The topological polar surface area (TPSA) is 27.7 Å². The van der Waals surface area contributed by atoms with Crippen LogP contribution in [-0.2, 0) is 13.3 Å². The summed E-state index contributed by atoms with van der Waals surface area (Å²) in [7, 11) is -4.76. The quantitative estimate of drug-likeness (QED) is 0.360. The van der Waals surface area contributed by atoms with Gasteiger partial charge in [-0.15, -0.1) is 0 Å². The maximum atomic E-state index is 12.6. The molecule has 0 aromatic heterocycles. The summed E-state index contributed by atoms with van der Waals surface area (Å²) in [4.78, 5) is 0. The smallest absolute Gasteiger partial charge is 0.364 e. The molecule has 0 rings (SSSR count). The third-order valence-corrected chi connectivity index (χ3v) is 3.50. The van der Waals surface area contributed by atoms with Crippen LogP contribution in [0.15, 0.2) is 0 Å². The van der Waals surface area contributed by atoms with E-state index in [9.17, 15) is 65.9 Å². The van der Waals surface area contributed by atoms with Gasteiger partial charge in [0.15, 0.2) is 0 Å². The van der Waals surface area contributed by atoms with Gasteiger partial charge in [-0.25, -0.2) is 0 Å². The summed E-state index contributed by atoms with van der Waals surface area (Å²) in [6.45, 7) is -8.63. The highest BCUT2D eigenvalue weighted by Crippen LogP contribution is 2.38. The minimum atomic E-state index is -6.34. The molecular weight excluding hydrogens is 469 g/mol. The molecule has 0 amide bonds. The van der Waals surface area contributed by atoms with Gasteiger partial charge in [-0.3, -0.25) is 0 Å². The highest BCUT2D eigenvalue weighted by Gasteiger charge is 2.61. The van der Waals surface area contributed by atoms with E-state index in [2.05, 4.69) is 13.3 Å². The van der Waals surface area contributed by atoms with E-state index in [0.29, 0.717) is 0 Å². The third kappa shape index (κ3) is 7.47. The van der Waals surface area contributed by atoms with Crippen LogP contribution in [0.2, 0.25) is 0 Å². The van der Waals surface area contributed by atoms with Gasteiger partial charge in [0.05, 0.1) is 0 Å². The Hall–Kier alpha value is -0.953. The zero-order valence-corrected chi connectivity index (χ0v) is 13.5. The molecule has 0 aliphatic heterocycles. The van der Waals surface area contributed by atoms with E-state index in [0.717, 1.165) is 0 Å². The van der Waals surface area contributed by atoms with E-state index in [-0.39, 0.29) is 0 Å². The van der Waals surface area contributed by atoms with Crippen LogP contribution in [0.25, 0.3) is 0 Å². The number of hydrogen-bond donors (Lipinski definition) is 0. The third-order valence-electron chi connectivity index (χ3n) is 2.36. The summed E-state index contributed by atoms with van der Waals surface area (Å²) in [5, 5.41) is 0. The van der Waals surface area contributed by atoms with Crippen molar-refractivity contribution in [3.8, 4) is 0 Å². The molecule has 28 heavy (non-hydrogen) atoms. The number of hydrogen-bond acceptors (Lipinski definition) is 3. The van der Waals surface area contributed by atoms with Crippen molar-refractivity contribution < 1.29 is 79.1 Å². The number of alkyl halides is 15. The lowest BCUT2D eigenvalue weighted by molar-refractivity contribution is -0.302. The molecule has 0 bridgehead atoms. The summed E-state index contributed by atoms with van der Waals surface area (Å²) in [5.74, 6) is -17.3. The summed E-state index contributed by atoms with van der Waals surface area (Å²) >= 11 is 0. The van der Waals surface area contributed by atoms with Gasteiger partial charge in [0.25, 0.3) is 0 Å². The Balaban J connectivity index is 5.23. The van der Waals surface area contributed by atoms with Crippen LogP contribution in [-0.4, -0.2) is 65.6 Å². The molecule has 0 aromatic carbocycles. The molecule has 0 N–H and O–H groups in total. The molecule has 0 fully saturated rings. The van der Waals surface area contributed by atoms with E-state index in [4.69, 9.17) is 0 Å². The molecule has 19 heteroatoms. The van der Waals surface area contributed by atoms with Crippen LogP contribution in [0.3, 0.4) is 0 Å². The van der Waals surface area contributed by atoms with E-state index < -0.39 is 65.6 Å². The lowest BCUT2D eigenvalue weighted by Gasteiger charge is -2.25. The summed E-state index contributed by atoms with van der Waals surface area (Å²) in [5.41, 5.74) is 0. The Morgan fingerprint density at radius 1 is 0.393 bits per heavy atom. The molecule has 0 aliphatic carbocycles. The monoisotopic (exact) mass is 475 g/mol. The molecule has 0 saturated heterocycles. The molecule has 0 aliphatic rings. The summed E-state index contributed by atoms with van der Waals surface area (Å²) in [6.07, 6.45) is -19.0. The van der Waals surface area contributed by atoms with Crippen molar-refractivity contribution >= 4 is 9.53 Å². The second kappa shape index (κ2) is 8.42. The molecule has 0 saturated carbocycles. The summed E-state index contributed by atoms with van der Waals surface area (Å²) < 4.78 is 193. The van der Waals surface area contributed by atoms with Crippen molar-refractivity contribution in [3.63, 3.8) is 0 Å². The largest absolute Gasteiger partial charge is 0.578 e. The van der Waals surface area contributed by atoms with Crippen molar-refractivity contribution in [2.75, 3.05) is 19.8 Å². The second-order valence-electron chi connectivity index (χ2n) is 4.72. The molecule has 0 heterocycles. The van der Waals surface area contributed by atoms with Crippen molar-refractivity contribution in [2.45, 2.75) is 36.3 Å². The fourth-order valence-electron chi connectivity index (χ4n) is 0.819. The molecule has 3 nitrogen and oxygen atoms in total. The molecule has 0 aromatic rings. The van der Waals surface area contributed by atoms with E-state index >= 15 is 0 Å². The van der Waals surface area contributed by atoms with Gasteiger partial charge in [-0.05, 0) is 0 Å². The van der Waals surface area contributed by atoms with E-state index in [1.54, 1.807) is 0 Å². The zero-order chi connectivity index (χ0) is 22.8. The number of rotatable bonds is 9. The minimum absolute atomic E-state index is 2.88. The van der Waals surface area contributed by atoms with Gasteiger partial charge >= 0.3 is 45.8 Å². The molecule has 169 valence electrons. The lowest BCUT2D eigenvalue weighted by atomic mass is 10.3. The first kappa shape index (κ1) is 27.0. The van der Waals surface area contributed by atoms with E-state index in [1.807, 2.05) is 0 Å². The van der Waals surface area contributed by atoms with Crippen LogP contribution >= 0.6 is 0 Å². The SMILES string of the molecule is FC(F)(F)C(F)(F)CO[Si](OCC(F)(F)C(F)(F)F)OCC(F)(F)C(F)(F)F. The molecule has 0 atom stereocenters. The Morgan fingerprint density at radius 3 is 0.714 bits per heavy atom. The maximum absolute atomic E-state index is 12.6. The highest BCUT2D eigenvalue weighted by atomic mass is 28.3. The molecule has 1 radical (unpaired) electrons. The molecule has 0 spiro atoms. The van der Waals surface area contributed by atoms with Gasteiger partial charge in [0.2, 0.25) is 0 Å². The van der Waals surface area contributed by atoms with Crippen molar-refractivity contribution in [1.29, 1.82) is 0 Å². The predicted octanol–water partition coefficient (Wildman–Crippen LogP) is 4.61. The second-order valence-corrected chi connectivity index (χ2v) is 6.09. The van der Waals surface area contributed by atoms with Gasteiger partial charge in [0.1, 0.15) is 19.8 Å². The van der Waals surface area contributed by atoms with Crippen LogP contribution in [0.4, 0.5) is 65.9 Å². The maximum Gasteiger partial charge on any atom is 0.578 e.